The summed E-state index contributed by atoms with van der Waals surface area (Å²) in [5.74, 6) is 8.48. The maximum atomic E-state index is 5.56. The Morgan fingerprint density at radius 3 is 2.48 bits per heavy atom. The zero-order chi connectivity index (χ0) is 14.8. The summed E-state index contributed by atoms with van der Waals surface area (Å²) >= 11 is 3.44. The largest absolute Gasteiger partial charge is 0.366 e. The van der Waals surface area contributed by atoms with E-state index in [4.69, 9.17) is 5.84 Å². The van der Waals surface area contributed by atoms with Gasteiger partial charge in [-0.05, 0) is 37.5 Å². The van der Waals surface area contributed by atoms with E-state index in [2.05, 4.69) is 48.8 Å². The second kappa shape index (κ2) is 5.99. The number of hydrogen-bond donors (Lipinski definition) is 3. The van der Waals surface area contributed by atoms with Crippen LogP contribution in [-0.4, -0.2) is 9.97 Å². The molecule has 0 atom stereocenters. The normalized spacial score (nSPS) is 14.0. The van der Waals surface area contributed by atoms with Crippen molar-refractivity contribution < 1.29 is 0 Å². The Morgan fingerprint density at radius 2 is 1.86 bits per heavy atom. The molecule has 1 aliphatic carbocycles. The van der Waals surface area contributed by atoms with E-state index in [-0.39, 0.29) is 0 Å². The third-order valence-electron chi connectivity index (χ3n) is 3.62. The second-order valence-electron chi connectivity index (χ2n) is 5.30. The summed E-state index contributed by atoms with van der Waals surface area (Å²) < 4.78 is 1.08. The van der Waals surface area contributed by atoms with Gasteiger partial charge in [-0.1, -0.05) is 28.1 Å². The third kappa shape index (κ3) is 3.33. The Morgan fingerprint density at radius 1 is 1.19 bits per heavy atom. The number of halogens is 1. The van der Waals surface area contributed by atoms with Crippen LogP contribution in [0.1, 0.15) is 35.7 Å². The lowest BCUT2D eigenvalue weighted by atomic mass is 10.2. The van der Waals surface area contributed by atoms with Gasteiger partial charge in [-0.3, -0.25) is 0 Å². The highest BCUT2D eigenvalue weighted by molar-refractivity contribution is 9.10. The average molecular weight is 348 g/mol. The molecule has 6 heteroatoms. The molecule has 1 heterocycles. The number of nitrogens with one attached hydrogen (secondary N) is 2. The molecule has 4 N–H and O–H groups in total. The molecule has 0 unspecified atom stereocenters. The summed E-state index contributed by atoms with van der Waals surface area (Å²) in [5, 5.41) is 3.38. The van der Waals surface area contributed by atoms with Gasteiger partial charge < -0.3 is 10.7 Å². The van der Waals surface area contributed by atoms with Crippen LogP contribution in [0.15, 0.2) is 28.7 Å². The second-order valence-corrected chi connectivity index (χ2v) is 6.22. The van der Waals surface area contributed by atoms with E-state index < -0.39 is 0 Å². The number of hydrazine groups is 1. The van der Waals surface area contributed by atoms with Gasteiger partial charge in [0, 0.05) is 22.5 Å². The predicted octanol–water partition coefficient (Wildman–Crippen LogP) is 3.32. The summed E-state index contributed by atoms with van der Waals surface area (Å²) in [6, 6.07) is 8.23. The van der Waals surface area contributed by atoms with Crippen molar-refractivity contribution in [3.8, 4) is 0 Å². The molecule has 1 saturated carbocycles. The monoisotopic (exact) mass is 347 g/mol. The van der Waals surface area contributed by atoms with Gasteiger partial charge in [0.15, 0.2) is 0 Å². The van der Waals surface area contributed by atoms with Gasteiger partial charge in [0.25, 0.3) is 0 Å². The van der Waals surface area contributed by atoms with Gasteiger partial charge in [0.2, 0.25) is 0 Å². The van der Waals surface area contributed by atoms with E-state index in [1.165, 1.54) is 18.4 Å². The number of benzene rings is 1. The van der Waals surface area contributed by atoms with Crippen LogP contribution in [-0.2, 0) is 6.54 Å². The van der Waals surface area contributed by atoms with Crippen molar-refractivity contribution in [1.82, 2.24) is 9.97 Å². The van der Waals surface area contributed by atoms with Crippen molar-refractivity contribution in [2.45, 2.75) is 32.2 Å². The highest BCUT2D eigenvalue weighted by Crippen LogP contribution is 2.39. The lowest BCUT2D eigenvalue weighted by Crippen LogP contribution is -2.14. The minimum absolute atomic E-state index is 0.492. The van der Waals surface area contributed by atoms with Crippen LogP contribution in [0.5, 0.6) is 0 Å². The molecule has 2 aromatic rings. The van der Waals surface area contributed by atoms with E-state index >= 15 is 0 Å². The van der Waals surface area contributed by atoms with Gasteiger partial charge in [-0.2, -0.15) is 0 Å². The smallest absolute Gasteiger partial charge is 0.148 e. The van der Waals surface area contributed by atoms with Crippen molar-refractivity contribution in [2.75, 3.05) is 10.7 Å². The summed E-state index contributed by atoms with van der Waals surface area (Å²) in [5.41, 5.74) is 4.81. The predicted molar refractivity (Wildman–Crippen MR) is 88.0 cm³/mol. The molecule has 0 aliphatic heterocycles. The first-order chi connectivity index (χ1) is 10.2. The van der Waals surface area contributed by atoms with Crippen LogP contribution < -0.4 is 16.6 Å². The van der Waals surface area contributed by atoms with Crippen LogP contribution >= 0.6 is 15.9 Å². The summed E-state index contributed by atoms with van der Waals surface area (Å²) in [4.78, 5) is 9.14. The maximum Gasteiger partial charge on any atom is 0.148 e. The van der Waals surface area contributed by atoms with E-state index in [0.717, 1.165) is 28.2 Å². The Balaban J connectivity index is 1.80. The Hall–Kier alpha value is -1.66. The van der Waals surface area contributed by atoms with E-state index in [9.17, 15) is 0 Å². The number of hydrogen-bond acceptors (Lipinski definition) is 5. The van der Waals surface area contributed by atoms with Gasteiger partial charge in [0.1, 0.15) is 17.5 Å². The molecule has 1 aliphatic rings. The molecule has 0 radical (unpaired) electrons. The van der Waals surface area contributed by atoms with Gasteiger partial charge in [-0.15, -0.1) is 0 Å². The molecule has 3 rings (SSSR count). The Kier molecular flexibility index (Phi) is 4.07. The lowest BCUT2D eigenvalue weighted by molar-refractivity contribution is 0.910. The van der Waals surface area contributed by atoms with Crippen LogP contribution in [0.3, 0.4) is 0 Å². The fourth-order valence-corrected chi connectivity index (χ4v) is 2.42. The molecule has 1 aromatic heterocycles. The molecule has 1 aromatic carbocycles. The van der Waals surface area contributed by atoms with Gasteiger partial charge >= 0.3 is 0 Å². The van der Waals surface area contributed by atoms with Crippen LogP contribution in [0, 0.1) is 6.92 Å². The standard InChI is InChI=1S/C15H18BrN5/c1-9-13(18-8-10-2-6-12(16)7-3-10)19-15(11-4-5-11)20-14(9)21-17/h2-3,6-7,11H,4-5,8,17H2,1H3,(H2,18,19,20,21). The minimum atomic E-state index is 0.492. The van der Waals surface area contributed by atoms with Crippen LogP contribution in [0.25, 0.3) is 0 Å². The number of anilines is 2. The van der Waals surface area contributed by atoms with Crippen molar-refractivity contribution in [3.63, 3.8) is 0 Å². The zero-order valence-corrected chi connectivity index (χ0v) is 13.4. The molecule has 0 spiro atoms. The molecule has 0 saturated heterocycles. The molecule has 5 nitrogen and oxygen atoms in total. The fourth-order valence-electron chi connectivity index (χ4n) is 2.16. The number of aromatic nitrogens is 2. The lowest BCUT2D eigenvalue weighted by Gasteiger charge is -2.13. The molecule has 21 heavy (non-hydrogen) atoms. The Bertz CT molecular complexity index is 637. The van der Waals surface area contributed by atoms with Crippen LogP contribution in [0.4, 0.5) is 11.6 Å². The quantitative estimate of drug-likeness (QED) is 0.571. The van der Waals surface area contributed by atoms with Gasteiger partial charge in [-0.25, -0.2) is 15.8 Å². The first-order valence-corrected chi connectivity index (χ1v) is 7.80. The van der Waals surface area contributed by atoms with E-state index in [1.807, 2.05) is 19.1 Å². The molecule has 110 valence electrons. The van der Waals surface area contributed by atoms with Crippen LogP contribution in [0.2, 0.25) is 0 Å². The summed E-state index contributed by atoms with van der Waals surface area (Å²) in [7, 11) is 0. The number of nitrogen functional groups attached to an aromatic ring is 1. The zero-order valence-electron chi connectivity index (χ0n) is 11.9. The first kappa shape index (κ1) is 14.3. The first-order valence-electron chi connectivity index (χ1n) is 7.01. The highest BCUT2D eigenvalue weighted by Gasteiger charge is 2.28. The fraction of sp³-hybridized carbons (Fsp3) is 0.333. The third-order valence-corrected chi connectivity index (χ3v) is 4.14. The summed E-state index contributed by atoms with van der Waals surface area (Å²) in [6.07, 6.45) is 2.33. The molecule has 1 fully saturated rings. The van der Waals surface area contributed by atoms with E-state index in [0.29, 0.717) is 11.7 Å². The SMILES string of the molecule is Cc1c(NN)nc(C2CC2)nc1NCc1ccc(Br)cc1. The number of nitrogens with two attached hydrogens (primary N) is 1. The Labute approximate surface area is 132 Å². The van der Waals surface area contributed by atoms with E-state index in [1.54, 1.807) is 0 Å². The highest BCUT2D eigenvalue weighted by atomic mass is 79.9. The van der Waals surface area contributed by atoms with Crippen molar-refractivity contribution in [1.29, 1.82) is 0 Å². The molecular weight excluding hydrogens is 330 g/mol. The minimum Gasteiger partial charge on any atom is -0.366 e. The van der Waals surface area contributed by atoms with Crippen molar-refractivity contribution in [3.05, 3.63) is 45.7 Å². The topological polar surface area (TPSA) is 75.9 Å². The molecular formula is C15H18BrN5. The van der Waals surface area contributed by atoms with Gasteiger partial charge in [0.05, 0.1) is 0 Å². The molecule has 0 amide bonds. The molecule has 0 bridgehead atoms. The van der Waals surface area contributed by atoms with Crippen molar-refractivity contribution in [2.24, 2.45) is 5.84 Å². The summed E-state index contributed by atoms with van der Waals surface area (Å²) in [6.45, 7) is 2.69. The van der Waals surface area contributed by atoms with Crippen molar-refractivity contribution >= 4 is 27.6 Å². The number of rotatable bonds is 5. The maximum absolute atomic E-state index is 5.56. The number of nitrogens with zero attached hydrogens (tertiary/aromatic N) is 2. The average Bonchev–Trinajstić information content (AvgIpc) is 3.32.